The van der Waals surface area contributed by atoms with Gasteiger partial charge in [-0.25, -0.2) is 0 Å². The molecule has 1 aromatic rings. The van der Waals surface area contributed by atoms with Crippen LogP contribution in [0.25, 0.3) is 0 Å². The SMILES string of the molecule is CSc1ccc(C(C)(C)CNC(C)(C)CO)cc1. The molecule has 0 aliphatic heterocycles. The van der Waals surface area contributed by atoms with E-state index in [0.29, 0.717) is 0 Å². The van der Waals surface area contributed by atoms with E-state index in [1.54, 1.807) is 11.8 Å². The maximum atomic E-state index is 9.26. The standard InChI is InChI=1S/C15H25NOS/c1-14(2,10-16-15(3,4)11-17)12-6-8-13(18-5)9-7-12/h6-9,16-17H,10-11H2,1-5H3. The molecular weight excluding hydrogens is 242 g/mol. The molecule has 0 amide bonds. The predicted molar refractivity (Wildman–Crippen MR) is 80.4 cm³/mol. The fraction of sp³-hybridized carbons (Fsp3) is 0.600. The first-order valence-electron chi connectivity index (χ1n) is 6.31. The Balaban J connectivity index is 2.72. The lowest BCUT2D eigenvalue weighted by Gasteiger charge is -2.32. The summed E-state index contributed by atoms with van der Waals surface area (Å²) in [6.07, 6.45) is 2.09. The quantitative estimate of drug-likeness (QED) is 0.777. The lowest BCUT2D eigenvalue weighted by atomic mass is 9.84. The Morgan fingerprint density at radius 3 is 2.11 bits per heavy atom. The minimum Gasteiger partial charge on any atom is -0.394 e. The first-order valence-corrected chi connectivity index (χ1v) is 7.54. The van der Waals surface area contributed by atoms with Gasteiger partial charge in [0.1, 0.15) is 0 Å². The molecule has 102 valence electrons. The minimum absolute atomic E-state index is 0.0589. The maximum Gasteiger partial charge on any atom is 0.0607 e. The van der Waals surface area contributed by atoms with E-state index in [2.05, 4.69) is 49.7 Å². The van der Waals surface area contributed by atoms with Crippen molar-refractivity contribution in [3.63, 3.8) is 0 Å². The second kappa shape index (κ2) is 6.09. The van der Waals surface area contributed by atoms with Crippen molar-refractivity contribution in [3.8, 4) is 0 Å². The van der Waals surface area contributed by atoms with Crippen molar-refractivity contribution < 1.29 is 5.11 Å². The molecule has 0 aromatic heterocycles. The molecule has 0 fully saturated rings. The molecule has 0 radical (unpaired) electrons. The van der Waals surface area contributed by atoms with Gasteiger partial charge >= 0.3 is 0 Å². The number of rotatable bonds is 6. The largest absolute Gasteiger partial charge is 0.394 e. The van der Waals surface area contributed by atoms with Gasteiger partial charge in [0, 0.05) is 22.4 Å². The van der Waals surface area contributed by atoms with Gasteiger partial charge in [0.25, 0.3) is 0 Å². The molecule has 0 aliphatic carbocycles. The molecule has 0 atom stereocenters. The van der Waals surface area contributed by atoms with Crippen molar-refractivity contribution in [1.82, 2.24) is 5.32 Å². The van der Waals surface area contributed by atoms with Crippen molar-refractivity contribution in [2.24, 2.45) is 0 Å². The summed E-state index contributed by atoms with van der Waals surface area (Å²) in [5, 5.41) is 12.7. The normalized spacial score (nSPS) is 12.8. The van der Waals surface area contributed by atoms with Crippen LogP contribution in [-0.2, 0) is 5.41 Å². The zero-order valence-electron chi connectivity index (χ0n) is 12.1. The summed E-state index contributed by atoms with van der Waals surface area (Å²) in [7, 11) is 0. The third kappa shape index (κ3) is 4.30. The van der Waals surface area contributed by atoms with Gasteiger partial charge in [0.05, 0.1) is 6.61 Å². The van der Waals surface area contributed by atoms with E-state index >= 15 is 0 Å². The molecule has 18 heavy (non-hydrogen) atoms. The Bertz CT molecular complexity index is 371. The van der Waals surface area contributed by atoms with Crippen molar-refractivity contribution in [2.75, 3.05) is 19.4 Å². The van der Waals surface area contributed by atoms with Crippen LogP contribution in [0, 0.1) is 0 Å². The van der Waals surface area contributed by atoms with E-state index in [1.165, 1.54) is 10.5 Å². The number of benzene rings is 1. The Morgan fingerprint density at radius 2 is 1.67 bits per heavy atom. The molecule has 0 heterocycles. The molecule has 2 nitrogen and oxygen atoms in total. The molecule has 0 spiro atoms. The highest BCUT2D eigenvalue weighted by Gasteiger charge is 2.24. The number of aliphatic hydroxyl groups excluding tert-OH is 1. The van der Waals surface area contributed by atoms with Gasteiger partial charge in [-0.05, 0) is 37.8 Å². The molecule has 1 rings (SSSR count). The molecule has 3 heteroatoms. The lowest BCUT2D eigenvalue weighted by molar-refractivity contribution is 0.181. The number of hydrogen-bond acceptors (Lipinski definition) is 3. The molecule has 0 unspecified atom stereocenters. The average Bonchev–Trinajstić information content (AvgIpc) is 2.37. The van der Waals surface area contributed by atoms with Crippen LogP contribution < -0.4 is 5.32 Å². The van der Waals surface area contributed by atoms with Gasteiger partial charge in [0.15, 0.2) is 0 Å². The van der Waals surface area contributed by atoms with E-state index in [0.717, 1.165) is 6.54 Å². The summed E-state index contributed by atoms with van der Waals surface area (Å²) in [5.74, 6) is 0. The average molecular weight is 267 g/mol. The topological polar surface area (TPSA) is 32.3 Å². The number of hydrogen-bond donors (Lipinski definition) is 2. The van der Waals surface area contributed by atoms with Crippen molar-refractivity contribution in [1.29, 1.82) is 0 Å². The Morgan fingerprint density at radius 1 is 1.11 bits per heavy atom. The van der Waals surface area contributed by atoms with Gasteiger partial charge in [-0.15, -0.1) is 11.8 Å². The summed E-state index contributed by atoms with van der Waals surface area (Å²) >= 11 is 1.76. The van der Waals surface area contributed by atoms with Crippen molar-refractivity contribution in [3.05, 3.63) is 29.8 Å². The van der Waals surface area contributed by atoms with Crippen LogP contribution in [0.15, 0.2) is 29.2 Å². The van der Waals surface area contributed by atoms with Crippen LogP contribution >= 0.6 is 11.8 Å². The summed E-state index contributed by atoms with van der Waals surface area (Å²) in [5.41, 5.74) is 1.15. The van der Waals surface area contributed by atoms with Crippen molar-refractivity contribution >= 4 is 11.8 Å². The molecule has 0 aliphatic rings. The fourth-order valence-corrected chi connectivity index (χ4v) is 2.07. The van der Waals surface area contributed by atoms with E-state index in [1.807, 2.05) is 13.8 Å². The summed E-state index contributed by atoms with van der Waals surface area (Å²) in [6, 6.07) is 8.72. The molecule has 0 bridgehead atoms. The molecule has 0 saturated heterocycles. The van der Waals surface area contributed by atoms with Gasteiger partial charge in [-0.1, -0.05) is 26.0 Å². The van der Waals surface area contributed by atoms with E-state index in [9.17, 15) is 5.11 Å². The summed E-state index contributed by atoms with van der Waals surface area (Å²) in [4.78, 5) is 1.29. The van der Waals surface area contributed by atoms with Gasteiger partial charge < -0.3 is 10.4 Å². The second-order valence-electron chi connectivity index (χ2n) is 6.01. The van der Waals surface area contributed by atoms with Crippen LogP contribution in [0.2, 0.25) is 0 Å². The number of thioether (sulfide) groups is 1. The van der Waals surface area contributed by atoms with Crippen LogP contribution in [0.5, 0.6) is 0 Å². The van der Waals surface area contributed by atoms with Gasteiger partial charge in [-0.3, -0.25) is 0 Å². The minimum atomic E-state index is -0.226. The zero-order chi connectivity index (χ0) is 13.8. The van der Waals surface area contributed by atoms with E-state index in [4.69, 9.17) is 0 Å². The molecule has 2 N–H and O–H groups in total. The second-order valence-corrected chi connectivity index (χ2v) is 6.89. The molecular formula is C15H25NOS. The summed E-state index contributed by atoms with van der Waals surface area (Å²) < 4.78 is 0. The number of nitrogens with one attached hydrogen (secondary N) is 1. The van der Waals surface area contributed by atoms with Crippen LogP contribution in [0.3, 0.4) is 0 Å². The Labute approximate surface area is 115 Å². The van der Waals surface area contributed by atoms with Crippen molar-refractivity contribution in [2.45, 2.75) is 43.5 Å². The lowest BCUT2D eigenvalue weighted by Crippen LogP contribution is -2.48. The van der Waals surface area contributed by atoms with Crippen LogP contribution in [0.1, 0.15) is 33.3 Å². The van der Waals surface area contributed by atoms with E-state index < -0.39 is 0 Å². The third-order valence-electron chi connectivity index (χ3n) is 3.28. The maximum absolute atomic E-state index is 9.26. The Hall–Kier alpha value is -0.510. The van der Waals surface area contributed by atoms with Gasteiger partial charge in [0.2, 0.25) is 0 Å². The zero-order valence-corrected chi connectivity index (χ0v) is 12.9. The van der Waals surface area contributed by atoms with Crippen LogP contribution in [-0.4, -0.2) is 30.1 Å². The first-order chi connectivity index (χ1) is 8.30. The highest BCUT2D eigenvalue weighted by Crippen LogP contribution is 2.25. The highest BCUT2D eigenvalue weighted by molar-refractivity contribution is 7.98. The number of aliphatic hydroxyl groups is 1. The molecule has 0 saturated carbocycles. The monoisotopic (exact) mass is 267 g/mol. The summed E-state index contributed by atoms with van der Waals surface area (Å²) in [6.45, 7) is 9.47. The smallest absolute Gasteiger partial charge is 0.0607 e. The van der Waals surface area contributed by atoms with Crippen LogP contribution in [0.4, 0.5) is 0 Å². The van der Waals surface area contributed by atoms with Gasteiger partial charge in [-0.2, -0.15) is 0 Å². The van der Waals surface area contributed by atoms with E-state index in [-0.39, 0.29) is 17.6 Å². The first kappa shape index (κ1) is 15.5. The highest BCUT2D eigenvalue weighted by atomic mass is 32.2. The third-order valence-corrected chi connectivity index (χ3v) is 4.02. The predicted octanol–water partition coefficient (Wildman–Crippen LogP) is 3.05. The molecule has 1 aromatic carbocycles. The fourth-order valence-electron chi connectivity index (χ4n) is 1.66. The Kier molecular flexibility index (Phi) is 5.26.